The van der Waals surface area contributed by atoms with Gasteiger partial charge in [-0.15, -0.1) is 0 Å². The van der Waals surface area contributed by atoms with Crippen LogP contribution in [0.1, 0.15) is 30.9 Å². The molecule has 0 atom stereocenters. The number of benzene rings is 1. The minimum Gasteiger partial charge on any atom is -0.300 e. The number of carbonyl (C=O) groups is 1. The number of hydrogen-bond donors (Lipinski definition) is 0. The monoisotopic (exact) mass is 254 g/mol. The molecular weight excluding hydrogens is 236 g/mol. The summed E-state index contributed by atoms with van der Waals surface area (Å²) in [6.45, 7) is 5.20. The summed E-state index contributed by atoms with van der Waals surface area (Å²) in [5, 5.41) is 0. The molecule has 0 fully saturated rings. The summed E-state index contributed by atoms with van der Waals surface area (Å²) in [6, 6.07) is 5.30. The Morgan fingerprint density at radius 2 is 1.88 bits per heavy atom. The van der Waals surface area contributed by atoms with Crippen LogP contribution in [-0.4, -0.2) is 20.0 Å². The zero-order valence-electron chi connectivity index (χ0n) is 10.5. The largest absolute Gasteiger partial charge is 0.300 e. The molecule has 17 heavy (non-hydrogen) atoms. The van der Waals surface area contributed by atoms with Crippen molar-refractivity contribution in [2.24, 2.45) is 0 Å². The van der Waals surface area contributed by atoms with E-state index in [4.69, 9.17) is 0 Å². The number of hydrogen-bond acceptors (Lipinski definition) is 3. The maximum absolute atomic E-state index is 12.0. The number of Topliss-reactive ketones (excluding diaryl/α,β-unsaturated/α-hetero) is 1. The summed E-state index contributed by atoms with van der Waals surface area (Å²) in [7, 11) is -3.26. The lowest BCUT2D eigenvalue weighted by atomic mass is 10.2. The first-order valence-electron chi connectivity index (χ1n) is 5.62. The van der Waals surface area contributed by atoms with E-state index in [0.29, 0.717) is 17.7 Å². The Morgan fingerprint density at radius 3 is 2.41 bits per heavy atom. The molecule has 0 aliphatic rings. The number of aryl methyl sites for hydroxylation is 2. The minimum atomic E-state index is -3.26. The van der Waals surface area contributed by atoms with Crippen molar-refractivity contribution >= 4 is 15.6 Å². The maximum Gasteiger partial charge on any atom is 0.178 e. The van der Waals surface area contributed by atoms with Gasteiger partial charge in [0.25, 0.3) is 0 Å². The van der Waals surface area contributed by atoms with Crippen molar-refractivity contribution in [3.8, 4) is 0 Å². The Kier molecular flexibility index (Phi) is 4.46. The average molecular weight is 254 g/mol. The van der Waals surface area contributed by atoms with Crippen LogP contribution in [0.3, 0.4) is 0 Å². The molecule has 0 saturated heterocycles. The third-order valence-corrected chi connectivity index (χ3v) is 4.56. The number of carbonyl (C=O) groups excluding carboxylic acids is 1. The van der Waals surface area contributed by atoms with Crippen LogP contribution < -0.4 is 0 Å². The number of sulfone groups is 1. The lowest BCUT2D eigenvalue weighted by Crippen LogP contribution is -2.09. The van der Waals surface area contributed by atoms with Crippen molar-refractivity contribution in [3.05, 3.63) is 29.3 Å². The Labute approximate surface area is 103 Å². The summed E-state index contributed by atoms with van der Waals surface area (Å²) in [5.41, 5.74) is 1.82. The zero-order chi connectivity index (χ0) is 13.1. The Morgan fingerprint density at radius 1 is 1.24 bits per heavy atom. The van der Waals surface area contributed by atoms with Crippen LogP contribution in [0, 0.1) is 13.8 Å². The van der Waals surface area contributed by atoms with E-state index in [0.717, 1.165) is 11.1 Å². The van der Waals surface area contributed by atoms with Crippen LogP contribution >= 0.6 is 0 Å². The van der Waals surface area contributed by atoms with Crippen LogP contribution in [-0.2, 0) is 14.6 Å². The SMILES string of the molecule is CC(=O)CCCS(=O)(=O)c1ccc(C)cc1C. The summed E-state index contributed by atoms with van der Waals surface area (Å²) >= 11 is 0. The van der Waals surface area contributed by atoms with Crippen LogP contribution in [0.15, 0.2) is 23.1 Å². The van der Waals surface area contributed by atoms with Crippen molar-refractivity contribution < 1.29 is 13.2 Å². The van der Waals surface area contributed by atoms with Gasteiger partial charge >= 0.3 is 0 Å². The van der Waals surface area contributed by atoms with Gasteiger partial charge in [0.15, 0.2) is 9.84 Å². The molecule has 0 aliphatic heterocycles. The summed E-state index contributed by atoms with van der Waals surface area (Å²) < 4.78 is 24.1. The molecule has 0 amide bonds. The molecule has 94 valence electrons. The van der Waals surface area contributed by atoms with E-state index in [1.54, 1.807) is 19.1 Å². The van der Waals surface area contributed by atoms with E-state index >= 15 is 0 Å². The summed E-state index contributed by atoms with van der Waals surface area (Å²) in [6.07, 6.45) is 0.717. The third kappa shape index (κ3) is 3.97. The number of ketones is 1. The van der Waals surface area contributed by atoms with Gasteiger partial charge in [-0.05, 0) is 38.8 Å². The highest BCUT2D eigenvalue weighted by Gasteiger charge is 2.16. The quantitative estimate of drug-likeness (QED) is 0.811. The molecule has 0 spiro atoms. The van der Waals surface area contributed by atoms with Gasteiger partial charge in [0, 0.05) is 6.42 Å². The minimum absolute atomic E-state index is 0.0285. The summed E-state index contributed by atoms with van der Waals surface area (Å²) in [4.78, 5) is 11.2. The molecule has 0 N–H and O–H groups in total. The fourth-order valence-electron chi connectivity index (χ4n) is 1.77. The van der Waals surface area contributed by atoms with Gasteiger partial charge in [0.2, 0.25) is 0 Å². The third-order valence-electron chi connectivity index (χ3n) is 2.61. The Bertz CT molecular complexity index is 515. The molecule has 0 aliphatic carbocycles. The highest BCUT2D eigenvalue weighted by Crippen LogP contribution is 2.18. The van der Waals surface area contributed by atoms with Gasteiger partial charge in [-0.25, -0.2) is 8.42 Å². The van der Waals surface area contributed by atoms with Crippen LogP contribution in [0.5, 0.6) is 0 Å². The Balaban J connectivity index is 2.86. The molecule has 0 aromatic heterocycles. The topological polar surface area (TPSA) is 51.2 Å². The second kappa shape index (κ2) is 5.45. The molecule has 0 unspecified atom stereocenters. The van der Waals surface area contributed by atoms with Crippen LogP contribution in [0.25, 0.3) is 0 Å². The predicted molar refractivity (Wildman–Crippen MR) is 67.9 cm³/mol. The molecule has 1 aromatic carbocycles. The molecule has 0 heterocycles. The lowest BCUT2D eigenvalue weighted by Gasteiger charge is -2.07. The Hall–Kier alpha value is -1.16. The van der Waals surface area contributed by atoms with Crippen molar-refractivity contribution in [3.63, 3.8) is 0 Å². The summed E-state index contributed by atoms with van der Waals surface area (Å²) in [5.74, 6) is 0.0667. The van der Waals surface area contributed by atoms with Crippen molar-refractivity contribution in [1.82, 2.24) is 0 Å². The van der Waals surface area contributed by atoms with Crippen LogP contribution in [0.4, 0.5) is 0 Å². The molecule has 0 bridgehead atoms. The fourth-order valence-corrected chi connectivity index (χ4v) is 3.34. The van der Waals surface area contributed by atoms with Gasteiger partial charge in [-0.1, -0.05) is 17.7 Å². The van der Waals surface area contributed by atoms with Gasteiger partial charge in [-0.3, -0.25) is 0 Å². The molecule has 0 saturated carbocycles. The normalized spacial score (nSPS) is 11.5. The van der Waals surface area contributed by atoms with Crippen LogP contribution in [0.2, 0.25) is 0 Å². The first-order valence-corrected chi connectivity index (χ1v) is 7.27. The van der Waals surface area contributed by atoms with E-state index in [-0.39, 0.29) is 11.5 Å². The first-order chi connectivity index (χ1) is 7.83. The van der Waals surface area contributed by atoms with E-state index < -0.39 is 9.84 Å². The van der Waals surface area contributed by atoms with Gasteiger partial charge in [0.05, 0.1) is 10.6 Å². The second-order valence-corrected chi connectivity index (χ2v) is 6.47. The van der Waals surface area contributed by atoms with E-state index in [1.165, 1.54) is 6.92 Å². The standard InChI is InChI=1S/C13H18O3S/c1-10-6-7-13(11(2)9-10)17(15,16)8-4-5-12(3)14/h6-7,9H,4-5,8H2,1-3H3. The second-order valence-electron chi connectivity index (χ2n) is 4.39. The highest BCUT2D eigenvalue weighted by molar-refractivity contribution is 7.91. The van der Waals surface area contributed by atoms with E-state index in [9.17, 15) is 13.2 Å². The fraction of sp³-hybridized carbons (Fsp3) is 0.462. The van der Waals surface area contributed by atoms with Crippen molar-refractivity contribution in [1.29, 1.82) is 0 Å². The highest BCUT2D eigenvalue weighted by atomic mass is 32.2. The molecule has 1 rings (SSSR count). The zero-order valence-corrected chi connectivity index (χ0v) is 11.3. The first kappa shape index (κ1) is 13.9. The average Bonchev–Trinajstić information content (AvgIpc) is 2.15. The molecule has 0 radical (unpaired) electrons. The van der Waals surface area contributed by atoms with Gasteiger partial charge < -0.3 is 4.79 Å². The van der Waals surface area contributed by atoms with Crippen molar-refractivity contribution in [2.45, 2.75) is 38.5 Å². The molecule has 1 aromatic rings. The van der Waals surface area contributed by atoms with Crippen molar-refractivity contribution in [2.75, 3.05) is 5.75 Å². The molecule has 4 heteroatoms. The predicted octanol–water partition coefficient (Wildman–Crippen LogP) is 2.45. The van der Waals surface area contributed by atoms with Gasteiger partial charge in [-0.2, -0.15) is 0 Å². The van der Waals surface area contributed by atoms with E-state index in [2.05, 4.69) is 0 Å². The molecule has 3 nitrogen and oxygen atoms in total. The smallest absolute Gasteiger partial charge is 0.178 e. The molecular formula is C13H18O3S. The van der Waals surface area contributed by atoms with Gasteiger partial charge in [0.1, 0.15) is 5.78 Å². The maximum atomic E-state index is 12.0. The van der Waals surface area contributed by atoms with E-state index in [1.807, 2.05) is 13.0 Å². The lowest BCUT2D eigenvalue weighted by molar-refractivity contribution is -0.117. The number of rotatable bonds is 5.